The highest BCUT2D eigenvalue weighted by Gasteiger charge is 2.79. The third-order valence-corrected chi connectivity index (χ3v) is 8.23. The van der Waals surface area contributed by atoms with Gasteiger partial charge in [0.05, 0.1) is 18.1 Å². The number of carbonyl (C=O) groups excluding carboxylic acids is 3. The molecule has 3 aliphatic heterocycles. The van der Waals surface area contributed by atoms with Crippen LogP contribution in [0.1, 0.15) is 71.6 Å². The quantitative estimate of drug-likeness (QED) is 0.197. The van der Waals surface area contributed by atoms with Gasteiger partial charge in [0.2, 0.25) is 11.8 Å². The lowest BCUT2D eigenvalue weighted by molar-refractivity contribution is -0.161. The SMILES string of the molecule is C=CCCOC(=O)[C@@H]1[C@H]2C(=O)N(CCCCCO)C(C(=O)N(CC=C)CCCC)C23CC[C@@]1(CC)O3. The highest BCUT2D eigenvalue weighted by molar-refractivity contribution is 5.98. The van der Waals surface area contributed by atoms with E-state index in [0.29, 0.717) is 58.2 Å². The molecule has 202 valence electrons. The van der Waals surface area contributed by atoms with Crippen molar-refractivity contribution in [2.45, 2.75) is 88.9 Å². The summed E-state index contributed by atoms with van der Waals surface area (Å²) in [6, 6.07) is -0.777. The van der Waals surface area contributed by atoms with E-state index in [4.69, 9.17) is 9.47 Å². The number of esters is 1. The van der Waals surface area contributed by atoms with Crippen LogP contribution in [0.2, 0.25) is 0 Å². The van der Waals surface area contributed by atoms with Crippen LogP contribution < -0.4 is 0 Å². The molecule has 5 atom stereocenters. The van der Waals surface area contributed by atoms with Crippen LogP contribution in [0, 0.1) is 11.8 Å². The normalized spacial score (nSPS) is 30.4. The standard InChI is InChI=1S/C28H44N2O6/c1-5-9-17-29(16-7-3)25(33)23-28-15-14-27(8-4,36-28)22(26(34)35-20-10-6-2)21(28)24(32)30(23)18-12-11-13-19-31/h6-7,21-23,31H,2-3,5,8-20H2,1,4H3/t21-,22-,23?,27+,28?/m0/s1. The van der Waals surface area contributed by atoms with Crippen LogP contribution in [0.4, 0.5) is 0 Å². The van der Waals surface area contributed by atoms with Crippen molar-refractivity contribution < 1.29 is 29.0 Å². The first kappa shape index (κ1) is 28.4. The topological polar surface area (TPSA) is 96.4 Å². The molecule has 3 aliphatic rings. The van der Waals surface area contributed by atoms with Gasteiger partial charge < -0.3 is 24.4 Å². The summed E-state index contributed by atoms with van der Waals surface area (Å²) in [6.07, 6.45) is 9.55. The van der Waals surface area contributed by atoms with Crippen LogP contribution in [0.25, 0.3) is 0 Å². The zero-order valence-electron chi connectivity index (χ0n) is 22.1. The molecule has 2 bridgehead atoms. The minimum atomic E-state index is -1.03. The van der Waals surface area contributed by atoms with Crippen LogP contribution in [-0.4, -0.2) is 82.8 Å². The summed E-state index contributed by atoms with van der Waals surface area (Å²) in [6.45, 7) is 13.2. The van der Waals surface area contributed by atoms with E-state index in [-0.39, 0.29) is 25.0 Å². The Hall–Kier alpha value is -2.19. The Morgan fingerprint density at radius 3 is 2.61 bits per heavy atom. The van der Waals surface area contributed by atoms with Crippen molar-refractivity contribution >= 4 is 17.8 Å². The molecule has 0 aromatic heterocycles. The van der Waals surface area contributed by atoms with Crippen LogP contribution in [0.15, 0.2) is 25.3 Å². The lowest BCUT2D eigenvalue weighted by atomic mass is 9.65. The van der Waals surface area contributed by atoms with E-state index in [9.17, 15) is 19.5 Å². The van der Waals surface area contributed by atoms with Crippen molar-refractivity contribution in [3.8, 4) is 0 Å². The lowest BCUT2D eigenvalue weighted by Gasteiger charge is -2.37. The highest BCUT2D eigenvalue weighted by Crippen LogP contribution is 2.64. The summed E-state index contributed by atoms with van der Waals surface area (Å²) >= 11 is 0. The Labute approximate surface area is 215 Å². The summed E-state index contributed by atoms with van der Waals surface area (Å²) in [5.41, 5.74) is -1.82. The third-order valence-electron chi connectivity index (χ3n) is 8.23. The molecule has 0 aromatic carbocycles. The Balaban J connectivity index is 1.99. The molecule has 3 heterocycles. The average molecular weight is 505 g/mol. The number of fused-ring (bicyclic) bond motifs is 1. The largest absolute Gasteiger partial charge is 0.465 e. The number of rotatable bonds is 16. The van der Waals surface area contributed by atoms with E-state index >= 15 is 0 Å². The van der Waals surface area contributed by atoms with Crippen LogP contribution in [0.5, 0.6) is 0 Å². The molecule has 3 saturated heterocycles. The molecule has 3 fully saturated rings. The molecule has 0 aromatic rings. The van der Waals surface area contributed by atoms with Gasteiger partial charge in [-0.25, -0.2) is 0 Å². The highest BCUT2D eigenvalue weighted by atomic mass is 16.6. The second-order valence-electron chi connectivity index (χ2n) is 10.3. The van der Waals surface area contributed by atoms with Crippen molar-refractivity contribution in [2.24, 2.45) is 11.8 Å². The first-order chi connectivity index (χ1) is 17.4. The maximum absolute atomic E-state index is 14.1. The summed E-state index contributed by atoms with van der Waals surface area (Å²) in [5.74, 6) is -2.19. The van der Waals surface area contributed by atoms with E-state index in [1.807, 2.05) is 6.92 Å². The fourth-order valence-corrected chi connectivity index (χ4v) is 6.47. The maximum atomic E-state index is 14.1. The Kier molecular flexibility index (Phi) is 9.75. The molecule has 0 aliphatic carbocycles. The molecule has 3 rings (SSSR count). The maximum Gasteiger partial charge on any atom is 0.312 e. The van der Waals surface area contributed by atoms with Crippen molar-refractivity contribution in [1.29, 1.82) is 0 Å². The monoisotopic (exact) mass is 504 g/mol. The molecule has 0 saturated carbocycles. The fraction of sp³-hybridized carbons (Fsp3) is 0.750. The second kappa shape index (κ2) is 12.4. The number of hydrogen-bond donors (Lipinski definition) is 1. The summed E-state index contributed by atoms with van der Waals surface area (Å²) in [7, 11) is 0. The number of nitrogens with zero attached hydrogens (tertiary/aromatic N) is 2. The van der Waals surface area contributed by atoms with Crippen molar-refractivity contribution in [3.63, 3.8) is 0 Å². The molecule has 1 N–H and O–H groups in total. The predicted molar refractivity (Wildman–Crippen MR) is 137 cm³/mol. The van der Waals surface area contributed by atoms with Gasteiger partial charge in [0.15, 0.2) is 0 Å². The number of carbonyl (C=O) groups is 3. The van der Waals surface area contributed by atoms with Gasteiger partial charge in [0.1, 0.15) is 17.6 Å². The van der Waals surface area contributed by atoms with Gasteiger partial charge in [0, 0.05) is 26.2 Å². The summed E-state index contributed by atoms with van der Waals surface area (Å²) < 4.78 is 12.3. The third kappa shape index (κ3) is 4.99. The number of unbranched alkanes of at least 4 members (excludes halogenated alkanes) is 3. The molecule has 8 nitrogen and oxygen atoms in total. The molecule has 36 heavy (non-hydrogen) atoms. The Morgan fingerprint density at radius 2 is 1.97 bits per heavy atom. The second-order valence-corrected chi connectivity index (χ2v) is 10.3. The number of likely N-dealkylation sites (tertiary alicyclic amines) is 1. The van der Waals surface area contributed by atoms with Gasteiger partial charge in [-0.1, -0.05) is 32.4 Å². The predicted octanol–water partition coefficient (Wildman–Crippen LogP) is 3.24. The molecular weight excluding hydrogens is 460 g/mol. The van der Waals surface area contributed by atoms with E-state index in [2.05, 4.69) is 20.1 Å². The van der Waals surface area contributed by atoms with Gasteiger partial charge >= 0.3 is 5.97 Å². The van der Waals surface area contributed by atoms with Crippen molar-refractivity contribution in [1.82, 2.24) is 9.80 Å². The number of aliphatic hydroxyl groups excluding tert-OH is 1. The fourth-order valence-electron chi connectivity index (χ4n) is 6.47. The molecule has 8 heteroatoms. The first-order valence-corrected chi connectivity index (χ1v) is 13.7. The van der Waals surface area contributed by atoms with Crippen molar-refractivity contribution in [2.75, 3.05) is 32.8 Å². The minimum absolute atomic E-state index is 0.0910. The van der Waals surface area contributed by atoms with Gasteiger partial charge in [-0.15, -0.1) is 13.2 Å². The van der Waals surface area contributed by atoms with E-state index in [1.165, 1.54) is 0 Å². The molecule has 0 radical (unpaired) electrons. The number of amides is 2. The van der Waals surface area contributed by atoms with Crippen LogP contribution >= 0.6 is 0 Å². The Morgan fingerprint density at radius 1 is 1.19 bits per heavy atom. The molecule has 2 amide bonds. The van der Waals surface area contributed by atoms with Gasteiger partial charge in [-0.2, -0.15) is 0 Å². The Bertz CT molecular complexity index is 831. The average Bonchev–Trinajstić information content (AvgIpc) is 3.48. The molecule has 1 spiro atoms. The summed E-state index contributed by atoms with van der Waals surface area (Å²) in [5, 5.41) is 9.19. The minimum Gasteiger partial charge on any atom is -0.465 e. The smallest absolute Gasteiger partial charge is 0.312 e. The lowest BCUT2D eigenvalue weighted by Crippen LogP contribution is -2.56. The molecule has 2 unspecified atom stereocenters. The van der Waals surface area contributed by atoms with Gasteiger partial charge in [-0.05, 0) is 51.4 Å². The zero-order chi connectivity index (χ0) is 26.3. The van der Waals surface area contributed by atoms with Gasteiger partial charge in [-0.3, -0.25) is 14.4 Å². The number of hydrogen-bond acceptors (Lipinski definition) is 6. The summed E-state index contributed by atoms with van der Waals surface area (Å²) in [4.78, 5) is 45.0. The van der Waals surface area contributed by atoms with Gasteiger partial charge in [0.25, 0.3) is 0 Å². The van der Waals surface area contributed by atoms with E-state index in [1.54, 1.807) is 22.0 Å². The zero-order valence-corrected chi connectivity index (χ0v) is 22.1. The van der Waals surface area contributed by atoms with E-state index < -0.39 is 35.0 Å². The van der Waals surface area contributed by atoms with Crippen LogP contribution in [0.3, 0.4) is 0 Å². The molecular formula is C28H44N2O6. The number of aliphatic hydroxyl groups is 1. The van der Waals surface area contributed by atoms with Crippen molar-refractivity contribution in [3.05, 3.63) is 25.3 Å². The number of ether oxygens (including phenoxy) is 2. The van der Waals surface area contributed by atoms with E-state index in [0.717, 1.165) is 19.3 Å². The first-order valence-electron chi connectivity index (χ1n) is 13.7. The van der Waals surface area contributed by atoms with Crippen LogP contribution in [-0.2, 0) is 23.9 Å².